The van der Waals surface area contributed by atoms with Gasteiger partial charge in [-0.2, -0.15) is 8.42 Å². The third kappa shape index (κ3) is 5.05. The van der Waals surface area contributed by atoms with Crippen LogP contribution in [0.3, 0.4) is 0 Å². The second-order valence-electron chi connectivity index (χ2n) is 12.7. The number of hydrogen-bond acceptors (Lipinski definition) is 6. The summed E-state index contributed by atoms with van der Waals surface area (Å²) in [6, 6.07) is 0. The molecule has 4 fully saturated rings. The van der Waals surface area contributed by atoms with E-state index in [0.29, 0.717) is 30.6 Å². The van der Waals surface area contributed by atoms with Gasteiger partial charge in [0.2, 0.25) is 5.91 Å². The van der Waals surface area contributed by atoms with Gasteiger partial charge in [0.25, 0.3) is 10.1 Å². The molecule has 5 N–H and O–H groups in total. The van der Waals surface area contributed by atoms with Gasteiger partial charge in [-0.1, -0.05) is 20.8 Å². The maximum absolute atomic E-state index is 12.2. The van der Waals surface area contributed by atoms with Crippen LogP contribution in [0.1, 0.15) is 78.6 Å². The van der Waals surface area contributed by atoms with E-state index in [1.165, 1.54) is 0 Å². The molecule has 0 aromatic heterocycles. The first-order valence-electron chi connectivity index (χ1n) is 13.5. The van der Waals surface area contributed by atoms with Crippen LogP contribution in [0.5, 0.6) is 0 Å². The molecule has 0 aromatic carbocycles. The highest BCUT2D eigenvalue weighted by molar-refractivity contribution is 7.85. The number of hydrogen-bond donors (Lipinski definition) is 5. The highest BCUT2D eigenvalue weighted by atomic mass is 32.2. The zero-order valence-corrected chi connectivity index (χ0v) is 22.2. The van der Waals surface area contributed by atoms with E-state index in [4.69, 9.17) is 4.55 Å². The Morgan fingerprint density at radius 1 is 1.03 bits per heavy atom. The number of carbonyl (C=O) groups is 1. The molecule has 4 aliphatic rings. The quantitative estimate of drug-likeness (QED) is 0.327. The molecule has 202 valence electrons. The number of aliphatic hydroxyl groups excluding tert-OH is 3. The van der Waals surface area contributed by atoms with E-state index >= 15 is 0 Å². The first-order chi connectivity index (χ1) is 16.3. The van der Waals surface area contributed by atoms with Crippen molar-refractivity contribution in [2.24, 2.45) is 46.3 Å². The molecule has 4 saturated carbocycles. The fourth-order valence-electron chi connectivity index (χ4n) is 9.17. The van der Waals surface area contributed by atoms with Crippen molar-refractivity contribution in [1.29, 1.82) is 0 Å². The Kier molecular flexibility index (Phi) is 7.69. The lowest BCUT2D eigenvalue weighted by molar-refractivity contribution is -0.202. The van der Waals surface area contributed by atoms with Crippen LogP contribution < -0.4 is 5.32 Å². The van der Waals surface area contributed by atoms with Gasteiger partial charge in [-0.25, -0.2) is 0 Å². The molecule has 11 unspecified atom stereocenters. The summed E-state index contributed by atoms with van der Waals surface area (Å²) in [6.07, 6.45) is 5.64. The van der Waals surface area contributed by atoms with Crippen molar-refractivity contribution >= 4 is 16.0 Å². The van der Waals surface area contributed by atoms with E-state index in [0.717, 1.165) is 38.5 Å². The molecule has 0 radical (unpaired) electrons. The Balaban J connectivity index is 1.43. The molecule has 8 nitrogen and oxygen atoms in total. The van der Waals surface area contributed by atoms with E-state index in [1.807, 2.05) is 0 Å². The van der Waals surface area contributed by atoms with Crippen molar-refractivity contribution in [3.8, 4) is 0 Å². The van der Waals surface area contributed by atoms with Gasteiger partial charge in [0.1, 0.15) is 0 Å². The van der Waals surface area contributed by atoms with E-state index in [-0.39, 0.29) is 53.6 Å². The van der Waals surface area contributed by atoms with Crippen LogP contribution in [0.25, 0.3) is 0 Å². The highest BCUT2D eigenvalue weighted by Gasteiger charge is 2.65. The Morgan fingerprint density at radius 3 is 2.43 bits per heavy atom. The average molecular weight is 516 g/mol. The molecular formula is C26H45NO7S. The van der Waals surface area contributed by atoms with E-state index in [9.17, 15) is 28.5 Å². The van der Waals surface area contributed by atoms with Crippen LogP contribution in [0, 0.1) is 46.3 Å². The second kappa shape index (κ2) is 9.86. The highest BCUT2D eigenvalue weighted by Crippen LogP contribution is 2.68. The molecule has 4 rings (SSSR count). The van der Waals surface area contributed by atoms with Crippen molar-refractivity contribution in [3.63, 3.8) is 0 Å². The Labute approximate surface area is 210 Å². The molecule has 1 amide bonds. The minimum absolute atomic E-state index is 0.0479. The summed E-state index contributed by atoms with van der Waals surface area (Å²) in [4.78, 5) is 12.2. The standard InChI is InChI=1S/C26H45NO7S/c1-15(4-7-24(31)27-10-11-35(32,33)34)18-5-6-19-17-13-22(29)21-12-16(28)8-9-25(21,2)20(17)14-23(30)26(18,19)3/h15-23,28-30H,4-14H2,1-3H3,(H,27,31)(H,32,33,34). The first-order valence-corrected chi connectivity index (χ1v) is 15.1. The van der Waals surface area contributed by atoms with Crippen molar-refractivity contribution < 1.29 is 33.1 Å². The molecule has 0 aromatic rings. The average Bonchev–Trinajstić information content (AvgIpc) is 3.13. The van der Waals surface area contributed by atoms with Crippen LogP contribution in [-0.4, -0.2) is 64.8 Å². The fraction of sp³-hybridized carbons (Fsp3) is 0.962. The second-order valence-corrected chi connectivity index (χ2v) is 14.2. The fourth-order valence-corrected chi connectivity index (χ4v) is 9.53. The molecular weight excluding hydrogens is 470 g/mol. The normalized spacial score (nSPS) is 46.3. The van der Waals surface area contributed by atoms with E-state index in [1.54, 1.807) is 0 Å². The van der Waals surface area contributed by atoms with E-state index in [2.05, 4.69) is 26.1 Å². The summed E-state index contributed by atoms with van der Waals surface area (Å²) in [5.74, 6) is 0.963. The molecule has 0 heterocycles. The Hall–Kier alpha value is -0.740. The summed E-state index contributed by atoms with van der Waals surface area (Å²) >= 11 is 0. The molecule has 11 atom stereocenters. The van der Waals surface area contributed by atoms with E-state index < -0.39 is 28.1 Å². The molecule has 4 aliphatic carbocycles. The summed E-state index contributed by atoms with van der Waals surface area (Å²) in [6.45, 7) is 6.56. The third-order valence-electron chi connectivity index (χ3n) is 11.0. The minimum atomic E-state index is -4.09. The summed E-state index contributed by atoms with van der Waals surface area (Å²) < 4.78 is 30.5. The van der Waals surface area contributed by atoms with Gasteiger partial charge in [0, 0.05) is 13.0 Å². The SMILES string of the molecule is CC(CCC(=O)NCCS(=O)(=O)O)C1CCC2C3CC(O)C4CC(O)CCC4(C)C3CC(O)C12C. The number of nitrogens with one attached hydrogen (secondary N) is 1. The first kappa shape index (κ1) is 27.3. The minimum Gasteiger partial charge on any atom is -0.393 e. The molecule has 0 saturated heterocycles. The Bertz CT molecular complexity index is 896. The van der Waals surface area contributed by atoms with Crippen LogP contribution in [0.15, 0.2) is 0 Å². The van der Waals surface area contributed by atoms with Gasteiger partial charge >= 0.3 is 0 Å². The van der Waals surface area contributed by atoms with Gasteiger partial charge in [-0.05, 0) is 97.7 Å². The number of amides is 1. The number of carbonyl (C=O) groups excluding carboxylic acids is 1. The van der Waals surface area contributed by atoms with Crippen molar-refractivity contribution in [1.82, 2.24) is 5.32 Å². The summed E-state index contributed by atoms with van der Waals surface area (Å²) in [5, 5.41) is 35.6. The Morgan fingerprint density at radius 2 is 1.74 bits per heavy atom. The zero-order valence-electron chi connectivity index (χ0n) is 21.4. The molecule has 0 aliphatic heterocycles. The number of fused-ring (bicyclic) bond motifs is 5. The predicted molar refractivity (Wildman–Crippen MR) is 132 cm³/mol. The molecule has 0 bridgehead atoms. The lowest BCUT2D eigenvalue weighted by Crippen LogP contribution is -2.61. The van der Waals surface area contributed by atoms with Crippen LogP contribution >= 0.6 is 0 Å². The number of rotatable bonds is 7. The van der Waals surface area contributed by atoms with Crippen molar-refractivity contribution in [3.05, 3.63) is 0 Å². The topological polar surface area (TPSA) is 144 Å². The van der Waals surface area contributed by atoms with Gasteiger partial charge < -0.3 is 20.6 Å². The monoisotopic (exact) mass is 515 g/mol. The largest absolute Gasteiger partial charge is 0.393 e. The summed E-state index contributed by atoms with van der Waals surface area (Å²) in [5.41, 5.74) is -0.299. The summed E-state index contributed by atoms with van der Waals surface area (Å²) in [7, 11) is -4.09. The predicted octanol–water partition coefficient (Wildman–Crippen LogP) is 2.37. The molecule has 35 heavy (non-hydrogen) atoms. The van der Waals surface area contributed by atoms with Gasteiger partial charge in [-0.15, -0.1) is 0 Å². The van der Waals surface area contributed by atoms with Crippen LogP contribution in [0.4, 0.5) is 0 Å². The smallest absolute Gasteiger partial charge is 0.266 e. The van der Waals surface area contributed by atoms with Gasteiger partial charge in [0.15, 0.2) is 0 Å². The van der Waals surface area contributed by atoms with Crippen molar-refractivity contribution in [2.75, 3.05) is 12.3 Å². The number of aliphatic hydroxyl groups is 3. The van der Waals surface area contributed by atoms with Gasteiger partial charge in [0.05, 0.1) is 24.1 Å². The van der Waals surface area contributed by atoms with Crippen molar-refractivity contribution in [2.45, 2.75) is 96.9 Å². The third-order valence-corrected chi connectivity index (χ3v) is 11.7. The molecule has 0 spiro atoms. The zero-order chi connectivity index (χ0) is 25.8. The lowest BCUT2D eigenvalue weighted by Gasteiger charge is -2.63. The van der Waals surface area contributed by atoms with Gasteiger partial charge in [-0.3, -0.25) is 9.35 Å². The van der Waals surface area contributed by atoms with Crippen LogP contribution in [0.2, 0.25) is 0 Å². The van der Waals surface area contributed by atoms with Crippen LogP contribution in [-0.2, 0) is 14.9 Å². The molecule has 9 heteroatoms. The maximum Gasteiger partial charge on any atom is 0.266 e. The lowest BCUT2D eigenvalue weighted by atomic mass is 9.43. The maximum atomic E-state index is 12.2.